The van der Waals surface area contributed by atoms with E-state index >= 15 is 0 Å². The van der Waals surface area contributed by atoms with Crippen molar-refractivity contribution >= 4 is 12.1 Å². The zero-order valence-electron chi connectivity index (χ0n) is 8.64. The maximum atomic E-state index is 10.9. The number of nitrogens with zero attached hydrogens (tertiary/aromatic N) is 1. The maximum absolute atomic E-state index is 10.9. The first kappa shape index (κ1) is 11.5. The Bertz CT molecular complexity index is 288. The first-order valence-electron chi connectivity index (χ1n) is 4.51. The smallest absolute Gasteiger partial charge is 0.217 e. The number of ether oxygens (including phenoxy) is 2. The molecule has 1 rings (SSSR count). The van der Waals surface area contributed by atoms with Crippen LogP contribution in [0.25, 0.3) is 0 Å². The van der Waals surface area contributed by atoms with E-state index in [4.69, 9.17) is 14.7 Å². The van der Waals surface area contributed by atoms with Crippen LogP contribution in [0.2, 0.25) is 0 Å². The van der Waals surface area contributed by atoms with Crippen molar-refractivity contribution in [3.05, 3.63) is 11.8 Å². The summed E-state index contributed by atoms with van der Waals surface area (Å²) in [5.41, 5.74) is 0. The molecule has 2 atom stereocenters. The number of carbonyl (C=O) groups excluding carboxylic acids is 1. The summed E-state index contributed by atoms with van der Waals surface area (Å²) in [6, 6.07) is -0.172. The van der Waals surface area contributed by atoms with Gasteiger partial charge in [-0.2, -0.15) is 0 Å². The number of oxime groups is 1. The van der Waals surface area contributed by atoms with Crippen LogP contribution < -0.4 is 5.32 Å². The highest BCUT2D eigenvalue weighted by Crippen LogP contribution is 2.16. The van der Waals surface area contributed by atoms with E-state index in [0.29, 0.717) is 12.2 Å². The van der Waals surface area contributed by atoms with Crippen LogP contribution in [0.4, 0.5) is 0 Å². The van der Waals surface area contributed by atoms with Gasteiger partial charge in [0.25, 0.3) is 0 Å². The summed E-state index contributed by atoms with van der Waals surface area (Å²) < 4.78 is 10.3. The Balaban J connectivity index is 2.70. The molecule has 6 nitrogen and oxygen atoms in total. The van der Waals surface area contributed by atoms with Crippen molar-refractivity contribution in [2.75, 3.05) is 7.11 Å². The molecule has 0 saturated carbocycles. The first-order valence-corrected chi connectivity index (χ1v) is 4.51. The molecular weight excluding hydrogens is 200 g/mol. The minimum atomic E-state index is -0.445. The molecule has 0 aromatic carbocycles. The van der Waals surface area contributed by atoms with Crippen molar-refractivity contribution in [3.63, 3.8) is 0 Å². The van der Waals surface area contributed by atoms with Gasteiger partial charge in [-0.15, -0.1) is 0 Å². The first-order chi connectivity index (χ1) is 7.15. The Hall–Kier alpha value is -1.56. The highest BCUT2D eigenvalue weighted by atomic mass is 16.7. The number of amides is 1. The molecule has 1 aliphatic rings. The normalized spacial score (nSPS) is 25.9. The van der Waals surface area contributed by atoms with E-state index in [1.54, 1.807) is 6.08 Å². The van der Waals surface area contributed by atoms with Gasteiger partial charge in [0.1, 0.15) is 12.0 Å². The Kier molecular flexibility index (Phi) is 4.11. The lowest BCUT2D eigenvalue weighted by molar-refractivity contribution is -0.122. The second-order valence-corrected chi connectivity index (χ2v) is 3.14. The van der Waals surface area contributed by atoms with Crippen molar-refractivity contribution in [2.24, 2.45) is 5.16 Å². The van der Waals surface area contributed by atoms with Gasteiger partial charge in [0.2, 0.25) is 12.2 Å². The number of hydrogen-bond acceptors (Lipinski definition) is 5. The minimum absolute atomic E-state index is 0.131. The van der Waals surface area contributed by atoms with Gasteiger partial charge >= 0.3 is 0 Å². The number of nitrogens with one attached hydrogen (secondary N) is 1. The summed E-state index contributed by atoms with van der Waals surface area (Å²) >= 11 is 0. The Labute approximate surface area is 87.5 Å². The highest BCUT2D eigenvalue weighted by molar-refractivity contribution is 5.77. The molecule has 0 aromatic rings. The number of allylic oxidation sites excluding steroid dienone is 1. The van der Waals surface area contributed by atoms with Gasteiger partial charge in [-0.25, -0.2) is 0 Å². The maximum Gasteiger partial charge on any atom is 0.217 e. The largest absolute Gasteiger partial charge is 0.463 e. The SMILES string of the molecule is COC1CC(NC(C)=O)C=C(/C=N/O)O1. The molecule has 2 N–H and O–H groups in total. The molecule has 0 fully saturated rings. The fraction of sp³-hybridized carbons (Fsp3) is 0.556. The molecule has 6 heteroatoms. The summed E-state index contributed by atoms with van der Waals surface area (Å²) in [5.74, 6) is 0.239. The molecule has 1 aliphatic heterocycles. The minimum Gasteiger partial charge on any atom is -0.463 e. The predicted octanol–water partition coefficient (Wildman–Crippen LogP) is 0.228. The molecular formula is C9H14N2O4. The fourth-order valence-electron chi connectivity index (χ4n) is 1.35. The van der Waals surface area contributed by atoms with Crippen molar-refractivity contribution in [1.82, 2.24) is 5.32 Å². The van der Waals surface area contributed by atoms with Gasteiger partial charge in [-0.1, -0.05) is 5.16 Å². The Morgan fingerprint density at radius 1 is 1.87 bits per heavy atom. The Morgan fingerprint density at radius 2 is 2.60 bits per heavy atom. The molecule has 0 aromatic heterocycles. The van der Waals surface area contributed by atoms with Crippen LogP contribution in [0.1, 0.15) is 13.3 Å². The number of rotatable bonds is 3. The van der Waals surface area contributed by atoms with Crippen LogP contribution in [-0.2, 0) is 14.3 Å². The molecule has 0 radical (unpaired) electrons. The van der Waals surface area contributed by atoms with Crippen molar-refractivity contribution in [3.8, 4) is 0 Å². The van der Waals surface area contributed by atoms with Gasteiger partial charge in [0.15, 0.2) is 0 Å². The molecule has 0 bridgehead atoms. The number of carbonyl (C=O) groups is 1. The molecule has 15 heavy (non-hydrogen) atoms. The van der Waals surface area contributed by atoms with Gasteiger partial charge in [-0.3, -0.25) is 4.79 Å². The van der Waals surface area contributed by atoms with E-state index in [1.165, 1.54) is 14.0 Å². The lowest BCUT2D eigenvalue weighted by Crippen LogP contribution is -2.38. The van der Waals surface area contributed by atoms with Crippen molar-refractivity contribution in [1.29, 1.82) is 0 Å². The van der Waals surface area contributed by atoms with Crippen molar-refractivity contribution < 1.29 is 19.5 Å². The average Bonchev–Trinajstić information content (AvgIpc) is 2.16. The van der Waals surface area contributed by atoms with Gasteiger partial charge in [0.05, 0.1) is 6.04 Å². The lowest BCUT2D eigenvalue weighted by Gasteiger charge is -2.27. The third-order valence-corrected chi connectivity index (χ3v) is 1.92. The third-order valence-electron chi connectivity index (χ3n) is 1.92. The number of hydrogen-bond donors (Lipinski definition) is 2. The van der Waals surface area contributed by atoms with E-state index in [-0.39, 0.29) is 11.9 Å². The molecule has 2 unspecified atom stereocenters. The third kappa shape index (κ3) is 3.59. The molecule has 0 aliphatic carbocycles. The summed E-state index contributed by atoms with van der Waals surface area (Å²) in [7, 11) is 1.51. The Morgan fingerprint density at radius 3 is 3.13 bits per heavy atom. The highest BCUT2D eigenvalue weighted by Gasteiger charge is 2.23. The zero-order valence-corrected chi connectivity index (χ0v) is 8.64. The van der Waals surface area contributed by atoms with Crippen molar-refractivity contribution in [2.45, 2.75) is 25.7 Å². The van der Waals surface area contributed by atoms with Crippen LogP contribution >= 0.6 is 0 Å². The molecule has 1 heterocycles. The average molecular weight is 214 g/mol. The second kappa shape index (κ2) is 5.35. The standard InChI is InChI=1S/C9H14N2O4/c1-6(12)11-7-3-8(5-10-13)15-9(4-7)14-2/h3,5,7,9,13H,4H2,1-2H3,(H,11,12)/b10-5+. The van der Waals surface area contributed by atoms with Crippen LogP contribution in [-0.4, -0.2) is 36.8 Å². The quantitative estimate of drug-likeness (QED) is 0.400. The van der Waals surface area contributed by atoms with Gasteiger partial charge < -0.3 is 20.0 Å². The summed E-state index contributed by atoms with van der Waals surface area (Å²) in [5, 5.41) is 13.9. The summed E-state index contributed by atoms with van der Waals surface area (Å²) in [4.78, 5) is 10.9. The topological polar surface area (TPSA) is 80.2 Å². The van der Waals surface area contributed by atoms with Crippen LogP contribution in [0.5, 0.6) is 0 Å². The molecule has 0 saturated heterocycles. The monoisotopic (exact) mass is 214 g/mol. The fourth-order valence-corrected chi connectivity index (χ4v) is 1.35. The summed E-state index contributed by atoms with van der Waals surface area (Å²) in [6.45, 7) is 1.44. The predicted molar refractivity (Wildman–Crippen MR) is 52.5 cm³/mol. The van der Waals surface area contributed by atoms with Crippen LogP contribution in [0, 0.1) is 0 Å². The van der Waals surface area contributed by atoms with E-state index in [2.05, 4.69) is 10.5 Å². The van der Waals surface area contributed by atoms with E-state index in [0.717, 1.165) is 6.21 Å². The second-order valence-electron chi connectivity index (χ2n) is 3.14. The lowest BCUT2D eigenvalue weighted by atomic mass is 10.1. The molecule has 0 spiro atoms. The van der Waals surface area contributed by atoms with E-state index in [9.17, 15) is 4.79 Å². The zero-order chi connectivity index (χ0) is 11.3. The van der Waals surface area contributed by atoms with E-state index in [1.807, 2.05) is 0 Å². The summed E-state index contributed by atoms with van der Waals surface area (Å²) in [6.07, 6.45) is 2.90. The van der Waals surface area contributed by atoms with E-state index < -0.39 is 6.29 Å². The van der Waals surface area contributed by atoms with Gasteiger partial charge in [-0.05, 0) is 6.08 Å². The van der Waals surface area contributed by atoms with Crippen LogP contribution in [0.3, 0.4) is 0 Å². The number of methoxy groups -OCH3 is 1. The molecule has 84 valence electrons. The van der Waals surface area contributed by atoms with Gasteiger partial charge in [0, 0.05) is 20.5 Å². The molecule has 1 amide bonds. The van der Waals surface area contributed by atoms with Crippen LogP contribution in [0.15, 0.2) is 17.0 Å².